The maximum absolute atomic E-state index is 11.3. The SMILES string of the molecule is Cn1cc(CN)c(-n2c(=O)[nH][nH]c2=O)n1. The van der Waals surface area contributed by atoms with Gasteiger partial charge in [0.15, 0.2) is 5.82 Å². The number of nitrogens with two attached hydrogens (primary N) is 1. The summed E-state index contributed by atoms with van der Waals surface area (Å²) >= 11 is 0. The first-order valence-corrected chi connectivity index (χ1v) is 4.26. The number of hydrogen-bond acceptors (Lipinski definition) is 4. The molecule has 2 heterocycles. The van der Waals surface area contributed by atoms with E-state index < -0.39 is 11.4 Å². The Morgan fingerprint density at radius 2 is 2.00 bits per heavy atom. The zero-order chi connectivity index (χ0) is 11.0. The monoisotopic (exact) mass is 210 g/mol. The van der Waals surface area contributed by atoms with E-state index in [2.05, 4.69) is 15.3 Å². The summed E-state index contributed by atoms with van der Waals surface area (Å²) in [5, 5.41) is 8.36. The van der Waals surface area contributed by atoms with Crippen LogP contribution in [0.1, 0.15) is 5.56 Å². The fourth-order valence-corrected chi connectivity index (χ4v) is 1.36. The molecule has 15 heavy (non-hydrogen) atoms. The van der Waals surface area contributed by atoms with E-state index in [0.29, 0.717) is 5.56 Å². The van der Waals surface area contributed by atoms with Gasteiger partial charge in [-0.3, -0.25) is 4.68 Å². The van der Waals surface area contributed by atoms with Gasteiger partial charge in [0.2, 0.25) is 0 Å². The summed E-state index contributed by atoms with van der Waals surface area (Å²) in [5.74, 6) is 0.257. The van der Waals surface area contributed by atoms with E-state index in [4.69, 9.17) is 5.73 Å². The Morgan fingerprint density at radius 3 is 2.53 bits per heavy atom. The maximum atomic E-state index is 11.3. The molecular formula is C7H10N6O2. The second-order valence-corrected chi connectivity index (χ2v) is 3.05. The molecule has 0 bridgehead atoms. The second kappa shape index (κ2) is 3.24. The van der Waals surface area contributed by atoms with Crippen molar-refractivity contribution in [2.24, 2.45) is 12.8 Å². The van der Waals surface area contributed by atoms with Crippen molar-refractivity contribution in [1.29, 1.82) is 0 Å². The molecule has 0 saturated carbocycles. The molecule has 2 aromatic heterocycles. The Balaban J connectivity index is 2.73. The first-order valence-electron chi connectivity index (χ1n) is 4.26. The molecule has 0 radical (unpaired) electrons. The van der Waals surface area contributed by atoms with Crippen LogP contribution in [0.2, 0.25) is 0 Å². The molecule has 8 heteroatoms. The minimum absolute atomic E-state index is 0.209. The minimum atomic E-state index is -0.562. The summed E-state index contributed by atoms with van der Waals surface area (Å²) in [6.45, 7) is 0.209. The molecule has 0 aliphatic carbocycles. The van der Waals surface area contributed by atoms with E-state index in [0.717, 1.165) is 4.57 Å². The van der Waals surface area contributed by atoms with Gasteiger partial charge in [0.25, 0.3) is 0 Å². The topological polar surface area (TPSA) is 114 Å². The van der Waals surface area contributed by atoms with Gasteiger partial charge in [-0.1, -0.05) is 0 Å². The third kappa shape index (κ3) is 1.40. The highest BCUT2D eigenvalue weighted by Gasteiger charge is 2.13. The van der Waals surface area contributed by atoms with Crippen molar-refractivity contribution >= 4 is 0 Å². The molecule has 2 rings (SSSR count). The van der Waals surface area contributed by atoms with Crippen LogP contribution in [0, 0.1) is 0 Å². The molecule has 80 valence electrons. The van der Waals surface area contributed by atoms with Gasteiger partial charge in [-0.15, -0.1) is 0 Å². The van der Waals surface area contributed by atoms with Crippen molar-refractivity contribution < 1.29 is 0 Å². The number of aryl methyl sites for hydroxylation is 1. The Morgan fingerprint density at radius 1 is 1.40 bits per heavy atom. The number of nitrogens with zero attached hydrogens (tertiary/aromatic N) is 3. The molecule has 0 atom stereocenters. The third-order valence-electron chi connectivity index (χ3n) is 2.00. The summed E-state index contributed by atoms with van der Waals surface area (Å²) in [4.78, 5) is 22.6. The Bertz CT molecular complexity index is 558. The minimum Gasteiger partial charge on any atom is -0.326 e. The van der Waals surface area contributed by atoms with Gasteiger partial charge in [-0.25, -0.2) is 19.8 Å². The number of aromatic amines is 2. The van der Waals surface area contributed by atoms with Crippen molar-refractivity contribution in [1.82, 2.24) is 24.5 Å². The zero-order valence-electron chi connectivity index (χ0n) is 8.02. The number of rotatable bonds is 2. The summed E-state index contributed by atoms with van der Waals surface area (Å²) in [5.41, 5.74) is 4.99. The number of H-pyrrole nitrogens is 2. The predicted octanol–water partition coefficient (Wildman–Crippen LogP) is -1.95. The van der Waals surface area contributed by atoms with E-state index in [1.807, 2.05) is 0 Å². The van der Waals surface area contributed by atoms with Gasteiger partial charge >= 0.3 is 11.4 Å². The van der Waals surface area contributed by atoms with Gasteiger partial charge in [0, 0.05) is 25.4 Å². The van der Waals surface area contributed by atoms with Crippen molar-refractivity contribution in [2.75, 3.05) is 0 Å². The van der Waals surface area contributed by atoms with Crippen LogP contribution in [0.4, 0.5) is 0 Å². The predicted molar refractivity (Wildman–Crippen MR) is 51.7 cm³/mol. The molecule has 0 spiro atoms. The fraction of sp³-hybridized carbons (Fsp3) is 0.286. The maximum Gasteiger partial charge on any atom is 0.350 e. The van der Waals surface area contributed by atoms with Crippen LogP contribution in [0.3, 0.4) is 0 Å². The molecule has 0 aliphatic rings. The zero-order valence-corrected chi connectivity index (χ0v) is 8.02. The molecular weight excluding hydrogens is 200 g/mol. The molecule has 0 amide bonds. The van der Waals surface area contributed by atoms with Crippen molar-refractivity contribution in [2.45, 2.75) is 6.54 Å². The average Bonchev–Trinajstić information content (AvgIpc) is 2.70. The number of hydrogen-bond donors (Lipinski definition) is 3. The van der Waals surface area contributed by atoms with Crippen LogP contribution >= 0.6 is 0 Å². The smallest absolute Gasteiger partial charge is 0.326 e. The van der Waals surface area contributed by atoms with E-state index in [1.54, 1.807) is 13.2 Å². The number of nitrogens with one attached hydrogen (secondary N) is 2. The van der Waals surface area contributed by atoms with Gasteiger partial charge < -0.3 is 5.73 Å². The Labute approximate surface area is 83.3 Å². The lowest BCUT2D eigenvalue weighted by molar-refractivity contribution is 0.742. The van der Waals surface area contributed by atoms with E-state index in [9.17, 15) is 9.59 Å². The van der Waals surface area contributed by atoms with Crippen LogP contribution in [0.25, 0.3) is 5.82 Å². The largest absolute Gasteiger partial charge is 0.350 e. The fourth-order valence-electron chi connectivity index (χ4n) is 1.36. The average molecular weight is 210 g/mol. The first-order chi connectivity index (χ1) is 7.13. The van der Waals surface area contributed by atoms with Gasteiger partial charge in [0.05, 0.1) is 0 Å². The summed E-state index contributed by atoms with van der Waals surface area (Å²) < 4.78 is 2.40. The van der Waals surface area contributed by atoms with Crippen LogP contribution in [-0.4, -0.2) is 24.5 Å². The highest BCUT2D eigenvalue weighted by atomic mass is 16.2. The van der Waals surface area contributed by atoms with Crippen molar-refractivity contribution in [3.05, 3.63) is 32.7 Å². The van der Waals surface area contributed by atoms with E-state index >= 15 is 0 Å². The summed E-state index contributed by atoms with van der Waals surface area (Å²) in [7, 11) is 1.69. The third-order valence-corrected chi connectivity index (χ3v) is 2.00. The molecule has 0 fully saturated rings. The number of aromatic nitrogens is 5. The lowest BCUT2D eigenvalue weighted by Crippen LogP contribution is -2.26. The van der Waals surface area contributed by atoms with Crippen molar-refractivity contribution in [3.8, 4) is 5.82 Å². The quantitative estimate of drug-likeness (QED) is 0.534. The van der Waals surface area contributed by atoms with Crippen LogP contribution in [-0.2, 0) is 13.6 Å². The second-order valence-electron chi connectivity index (χ2n) is 3.05. The normalized spacial score (nSPS) is 10.8. The van der Waals surface area contributed by atoms with Crippen molar-refractivity contribution in [3.63, 3.8) is 0 Å². The standard InChI is InChI=1S/C7H10N6O2/c1-12-3-4(2-8)5(11-12)13-6(14)9-10-7(13)15/h3H,2,8H2,1H3,(H,9,14)(H,10,15). The van der Waals surface area contributed by atoms with Gasteiger partial charge in [-0.05, 0) is 0 Å². The lowest BCUT2D eigenvalue weighted by Gasteiger charge is -1.95. The molecule has 0 saturated heterocycles. The summed E-state index contributed by atoms with van der Waals surface area (Å²) in [6, 6.07) is 0. The Kier molecular flexibility index (Phi) is 2.05. The lowest BCUT2D eigenvalue weighted by atomic mass is 10.3. The molecule has 0 aromatic carbocycles. The van der Waals surface area contributed by atoms with Crippen LogP contribution < -0.4 is 17.1 Å². The highest BCUT2D eigenvalue weighted by molar-refractivity contribution is 5.31. The van der Waals surface area contributed by atoms with Gasteiger partial charge in [0.1, 0.15) is 0 Å². The Hall–Kier alpha value is -2.09. The first kappa shape index (κ1) is 9.46. The molecule has 0 aliphatic heterocycles. The van der Waals surface area contributed by atoms with E-state index in [-0.39, 0.29) is 12.4 Å². The molecule has 4 N–H and O–H groups in total. The van der Waals surface area contributed by atoms with Gasteiger partial charge in [-0.2, -0.15) is 9.67 Å². The summed E-state index contributed by atoms with van der Waals surface area (Å²) in [6.07, 6.45) is 1.66. The van der Waals surface area contributed by atoms with Crippen LogP contribution in [0.15, 0.2) is 15.8 Å². The van der Waals surface area contributed by atoms with E-state index in [1.165, 1.54) is 4.68 Å². The molecule has 8 nitrogen and oxygen atoms in total. The van der Waals surface area contributed by atoms with Crippen LogP contribution in [0.5, 0.6) is 0 Å². The highest BCUT2D eigenvalue weighted by Crippen LogP contribution is 2.06. The molecule has 2 aromatic rings. The molecule has 0 unspecified atom stereocenters.